The molecular formula is C27H30F2N6O3. The van der Waals surface area contributed by atoms with Crippen molar-refractivity contribution in [2.75, 3.05) is 18.5 Å². The average Bonchev–Trinajstić information content (AvgIpc) is 3.28. The number of nitrogens with zero attached hydrogens (tertiary/aromatic N) is 4. The second kappa shape index (κ2) is 10.2. The average molecular weight is 525 g/mol. The molecule has 0 spiro atoms. The molecule has 1 saturated carbocycles. The molecule has 3 heterocycles. The van der Waals surface area contributed by atoms with Gasteiger partial charge in [0, 0.05) is 24.4 Å². The number of nitrogens with one attached hydrogen (secondary N) is 1. The van der Waals surface area contributed by atoms with Crippen LogP contribution in [0.25, 0.3) is 16.8 Å². The Bertz CT molecular complexity index is 1420. The van der Waals surface area contributed by atoms with E-state index >= 15 is 0 Å². The number of imidazole rings is 1. The molecule has 1 aliphatic carbocycles. The first-order valence-electron chi connectivity index (χ1n) is 12.5. The van der Waals surface area contributed by atoms with Crippen LogP contribution in [0.1, 0.15) is 38.2 Å². The predicted molar refractivity (Wildman–Crippen MR) is 138 cm³/mol. The van der Waals surface area contributed by atoms with Gasteiger partial charge in [-0.2, -0.15) is 9.61 Å². The molecule has 38 heavy (non-hydrogen) atoms. The van der Waals surface area contributed by atoms with Gasteiger partial charge in [0.15, 0.2) is 0 Å². The Hall–Kier alpha value is -3.67. The van der Waals surface area contributed by atoms with Gasteiger partial charge in [-0.15, -0.1) is 0 Å². The topological polar surface area (TPSA) is 131 Å². The molecule has 5 N–H and O–H groups in total. The molecule has 4 aromatic rings. The zero-order valence-electron chi connectivity index (χ0n) is 21.1. The standard InChI is InChI=1S/C27H30F2N6O3/c1-15-9-16(10-24(30)27(15,2)37)19-5-6-31-14-23(19)33-26-32-13-17-3-4-22(34-35(17)26)25-20(28)11-18(12-21(25)29)38-8-7-36/h3-6,11-16,24,36-37H,7-10,30H2,1-2H3,(H,32,33)/t15-,16+,24+,27+/m0/s1. The van der Waals surface area contributed by atoms with Crippen molar-refractivity contribution < 1.29 is 23.7 Å². The number of aliphatic hydroxyl groups is 2. The molecule has 0 radical (unpaired) electrons. The zero-order chi connectivity index (χ0) is 27.0. The summed E-state index contributed by atoms with van der Waals surface area (Å²) in [5.41, 5.74) is 7.47. The molecule has 1 fully saturated rings. The minimum absolute atomic E-state index is 0.000957. The molecule has 1 aromatic carbocycles. The molecule has 5 rings (SSSR count). The summed E-state index contributed by atoms with van der Waals surface area (Å²) in [6, 6.07) is 6.85. The van der Waals surface area contributed by atoms with Crippen LogP contribution in [0.2, 0.25) is 0 Å². The first-order valence-corrected chi connectivity index (χ1v) is 12.5. The number of aliphatic hydroxyl groups excluding tert-OH is 1. The van der Waals surface area contributed by atoms with Crippen LogP contribution in [0.5, 0.6) is 5.75 Å². The van der Waals surface area contributed by atoms with Crippen molar-refractivity contribution in [3.05, 3.63) is 66.1 Å². The maximum Gasteiger partial charge on any atom is 0.229 e. The molecule has 0 unspecified atom stereocenters. The van der Waals surface area contributed by atoms with E-state index in [-0.39, 0.29) is 48.1 Å². The number of pyridine rings is 1. The first-order chi connectivity index (χ1) is 18.2. The molecule has 0 aliphatic heterocycles. The fraction of sp³-hybridized carbons (Fsp3) is 0.370. The van der Waals surface area contributed by atoms with Gasteiger partial charge < -0.3 is 26.0 Å². The van der Waals surface area contributed by atoms with Crippen LogP contribution in [0.4, 0.5) is 20.4 Å². The largest absolute Gasteiger partial charge is 0.491 e. The number of aromatic nitrogens is 4. The van der Waals surface area contributed by atoms with Crippen molar-refractivity contribution in [3.8, 4) is 17.0 Å². The molecule has 0 saturated heterocycles. The Morgan fingerprint density at radius 3 is 2.66 bits per heavy atom. The molecule has 1 aliphatic rings. The van der Waals surface area contributed by atoms with Crippen molar-refractivity contribution in [3.63, 3.8) is 0 Å². The highest BCUT2D eigenvalue weighted by Crippen LogP contribution is 2.43. The lowest BCUT2D eigenvalue weighted by atomic mass is 9.68. The van der Waals surface area contributed by atoms with Crippen molar-refractivity contribution in [2.45, 2.75) is 44.2 Å². The maximum absolute atomic E-state index is 14.9. The maximum atomic E-state index is 14.9. The van der Waals surface area contributed by atoms with Gasteiger partial charge in [-0.25, -0.2) is 13.8 Å². The fourth-order valence-corrected chi connectivity index (χ4v) is 5.06. The lowest BCUT2D eigenvalue weighted by molar-refractivity contribution is -0.0463. The lowest BCUT2D eigenvalue weighted by Crippen LogP contribution is -2.54. The van der Waals surface area contributed by atoms with Crippen molar-refractivity contribution in [1.29, 1.82) is 0 Å². The first kappa shape index (κ1) is 26.0. The smallest absolute Gasteiger partial charge is 0.229 e. The molecule has 0 bridgehead atoms. The molecule has 200 valence electrons. The third-order valence-corrected chi connectivity index (χ3v) is 7.48. The number of nitrogens with two attached hydrogens (primary N) is 1. The minimum atomic E-state index is -0.940. The summed E-state index contributed by atoms with van der Waals surface area (Å²) in [7, 11) is 0. The van der Waals surface area contributed by atoms with Crippen LogP contribution in [0.15, 0.2) is 48.9 Å². The lowest BCUT2D eigenvalue weighted by Gasteiger charge is -2.44. The number of hydrogen-bond acceptors (Lipinski definition) is 8. The highest BCUT2D eigenvalue weighted by atomic mass is 19.1. The quantitative estimate of drug-likeness (QED) is 0.287. The van der Waals surface area contributed by atoms with E-state index < -0.39 is 17.2 Å². The Labute approximate surface area is 218 Å². The molecule has 4 atom stereocenters. The third kappa shape index (κ3) is 4.80. The molecule has 9 nitrogen and oxygen atoms in total. The Morgan fingerprint density at radius 1 is 1.18 bits per heavy atom. The van der Waals surface area contributed by atoms with Crippen molar-refractivity contribution >= 4 is 17.2 Å². The van der Waals surface area contributed by atoms with E-state index in [1.807, 2.05) is 13.0 Å². The van der Waals surface area contributed by atoms with Crippen LogP contribution in [-0.2, 0) is 0 Å². The predicted octanol–water partition coefficient (Wildman–Crippen LogP) is 3.78. The Kier molecular flexibility index (Phi) is 6.99. The number of hydrogen-bond donors (Lipinski definition) is 4. The number of rotatable bonds is 7. The summed E-state index contributed by atoms with van der Waals surface area (Å²) >= 11 is 0. The van der Waals surface area contributed by atoms with Gasteiger partial charge in [0.2, 0.25) is 5.95 Å². The fourth-order valence-electron chi connectivity index (χ4n) is 5.06. The summed E-state index contributed by atoms with van der Waals surface area (Å²) in [5.74, 6) is -1.26. The minimum Gasteiger partial charge on any atom is -0.491 e. The van der Waals surface area contributed by atoms with Crippen LogP contribution in [0.3, 0.4) is 0 Å². The van der Waals surface area contributed by atoms with E-state index in [2.05, 4.69) is 20.4 Å². The zero-order valence-corrected chi connectivity index (χ0v) is 21.1. The van der Waals surface area contributed by atoms with Gasteiger partial charge in [-0.05, 0) is 55.4 Å². The number of benzene rings is 1. The summed E-state index contributed by atoms with van der Waals surface area (Å²) in [4.78, 5) is 8.68. The van der Waals surface area contributed by atoms with Gasteiger partial charge in [-0.1, -0.05) is 6.92 Å². The van der Waals surface area contributed by atoms with Gasteiger partial charge >= 0.3 is 0 Å². The van der Waals surface area contributed by atoms with Crippen molar-refractivity contribution in [2.24, 2.45) is 11.7 Å². The van der Waals surface area contributed by atoms with E-state index in [1.54, 1.807) is 31.6 Å². The second-order valence-corrected chi connectivity index (χ2v) is 9.96. The Balaban J connectivity index is 1.47. The monoisotopic (exact) mass is 524 g/mol. The van der Waals surface area contributed by atoms with E-state index in [0.29, 0.717) is 23.6 Å². The number of anilines is 2. The SMILES string of the molecule is C[C@H]1C[C@@H](c2ccncc2Nc2ncc3ccc(-c4c(F)cc(OCCO)cc4F)nn23)C[C@@H](N)[C@]1(C)O. The van der Waals surface area contributed by atoms with Gasteiger partial charge in [0.1, 0.15) is 24.0 Å². The van der Waals surface area contributed by atoms with E-state index in [0.717, 1.165) is 24.1 Å². The highest BCUT2D eigenvalue weighted by molar-refractivity contribution is 5.66. The number of halogens is 2. The third-order valence-electron chi connectivity index (χ3n) is 7.48. The van der Waals surface area contributed by atoms with Crippen LogP contribution >= 0.6 is 0 Å². The molecular weight excluding hydrogens is 494 g/mol. The summed E-state index contributed by atoms with van der Waals surface area (Å²) in [6.45, 7) is 3.43. The van der Waals surface area contributed by atoms with E-state index in [4.69, 9.17) is 15.6 Å². The summed E-state index contributed by atoms with van der Waals surface area (Å²) < 4.78 is 36.4. The van der Waals surface area contributed by atoms with E-state index in [1.165, 1.54) is 10.6 Å². The van der Waals surface area contributed by atoms with Crippen LogP contribution in [0, 0.1) is 17.6 Å². The molecule has 3 aromatic heterocycles. The van der Waals surface area contributed by atoms with Crippen molar-refractivity contribution in [1.82, 2.24) is 19.6 Å². The summed E-state index contributed by atoms with van der Waals surface area (Å²) in [6.07, 6.45) is 6.36. The van der Waals surface area contributed by atoms with Crippen LogP contribution in [-0.4, -0.2) is 54.7 Å². The second-order valence-electron chi connectivity index (χ2n) is 9.96. The van der Waals surface area contributed by atoms with Gasteiger partial charge in [0.05, 0.1) is 47.1 Å². The highest BCUT2D eigenvalue weighted by Gasteiger charge is 2.42. The molecule has 11 heteroatoms. The number of fused-ring (bicyclic) bond motifs is 1. The van der Waals surface area contributed by atoms with Gasteiger partial charge in [-0.3, -0.25) is 4.98 Å². The normalized spacial score (nSPS) is 23.5. The summed E-state index contributed by atoms with van der Waals surface area (Å²) in [5, 5.41) is 27.4. The van der Waals surface area contributed by atoms with Crippen LogP contribution < -0.4 is 15.8 Å². The Morgan fingerprint density at radius 2 is 1.95 bits per heavy atom. The molecule has 0 amide bonds. The van der Waals surface area contributed by atoms with E-state index in [9.17, 15) is 13.9 Å². The van der Waals surface area contributed by atoms with Gasteiger partial charge in [0.25, 0.3) is 0 Å². The number of ether oxygens (including phenoxy) is 1.